The SMILES string of the molecule is C[N+](C)(C)CC(CC(=O)O)OC(=O)/C=C/C=C/CCCCC(=O)O. The quantitative estimate of drug-likeness (QED) is 0.184. The second kappa shape index (κ2) is 11.4. The number of unbranched alkanes of at least 4 members (excludes halogenated alkanes) is 2. The van der Waals surface area contributed by atoms with Crippen molar-refractivity contribution >= 4 is 17.9 Å². The van der Waals surface area contributed by atoms with E-state index in [2.05, 4.69) is 0 Å². The molecule has 0 aromatic carbocycles. The van der Waals surface area contributed by atoms with E-state index in [9.17, 15) is 14.4 Å². The smallest absolute Gasteiger partial charge is 0.331 e. The summed E-state index contributed by atoms with van der Waals surface area (Å²) in [5, 5.41) is 17.4. The second-order valence-corrected chi connectivity index (χ2v) is 6.56. The van der Waals surface area contributed by atoms with Gasteiger partial charge >= 0.3 is 17.9 Å². The van der Waals surface area contributed by atoms with E-state index >= 15 is 0 Å². The molecule has 0 radical (unpaired) electrons. The minimum Gasteiger partial charge on any atom is -0.481 e. The van der Waals surface area contributed by atoms with E-state index in [0.717, 1.165) is 12.8 Å². The van der Waals surface area contributed by atoms with E-state index in [0.29, 0.717) is 17.4 Å². The molecule has 1 unspecified atom stereocenters. The summed E-state index contributed by atoms with van der Waals surface area (Å²) < 4.78 is 5.68. The number of carboxylic acids is 2. The lowest BCUT2D eigenvalue weighted by Gasteiger charge is -2.28. The number of ether oxygens (including phenoxy) is 1. The number of hydrogen-bond donors (Lipinski definition) is 2. The highest BCUT2D eigenvalue weighted by Crippen LogP contribution is 2.06. The van der Waals surface area contributed by atoms with E-state index in [1.807, 2.05) is 27.2 Å². The Morgan fingerprint density at radius 1 is 1.04 bits per heavy atom. The topological polar surface area (TPSA) is 101 Å². The molecule has 0 rings (SSSR count). The molecule has 1 atom stereocenters. The molecule has 7 heteroatoms. The van der Waals surface area contributed by atoms with Crippen molar-refractivity contribution < 1.29 is 33.8 Å². The zero-order valence-electron chi connectivity index (χ0n) is 14.6. The molecule has 0 aromatic heterocycles. The Morgan fingerprint density at radius 3 is 2.25 bits per heavy atom. The van der Waals surface area contributed by atoms with Crippen LogP contribution < -0.4 is 0 Å². The summed E-state index contributed by atoms with van der Waals surface area (Å²) in [5.74, 6) is -2.39. The third-order valence-electron chi connectivity index (χ3n) is 2.93. The molecule has 136 valence electrons. The average Bonchev–Trinajstić information content (AvgIpc) is 2.38. The molecule has 0 aliphatic carbocycles. The largest absolute Gasteiger partial charge is 0.481 e. The summed E-state index contributed by atoms with van der Waals surface area (Å²) in [6.45, 7) is 0.408. The van der Waals surface area contributed by atoms with E-state index < -0.39 is 24.0 Å². The van der Waals surface area contributed by atoms with Crippen LogP contribution in [0.3, 0.4) is 0 Å². The van der Waals surface area contributed by atoms with Gasteiger partial charge in [-0.05, 0) is 19.3 Å². The Kier molecular flexibility index (Phi) is 10.4. The lowest BCUT2D eigenvalue weighted by atomic mass is 10.2. The Bertz CT molecular complexity index is 476. The van der Waals surface area contributed by atoms with Crippen LogP contribution in [0.15, 0.2) is 24.3 Å². The number of allylic oxidation sites excluding steroid dienone is 3. The van der Waals surface area contributed by atoms with E-state index in [4.69, 9.17) is 14.9 Å². The third-order valence-corrected chi connectivity index (χ3v) is 2.93. The number of rotatable bonds is 12. The molecule has 0 amide bonds. The van der Waals surface area contributed by atoms with Crippen molar-refractivity contribution in [2.45, 2.75) is 38.2 Å². The Labute approximate surface area is 142 Å². The zero-order chi connectivity index (χ0) is 18.6. The van der Waals surface area contributed by atoms with Gasteiger partial charge in [0.2, 0.25) is 0 Å². The molecule has 0 spiro atoms. The summed E-state index contributed by atoms with van der Waals surface area (Å²) in [6.07, 6.45) is 7.68. The van der Waals surface area contributed by atoms with Crippen molar-refractivity contribution in [2.24, 2.45) is 0 Å². The third kappa shape index (κ3) is 14.8. The number of likely N-dealkylation sites (N-methyl/N-ethyl adjacent to an activating group) is 1. The number of carbonyl (C=O) groups is 3. The molecule has 0 fully saturated rings. The molecule has 0 saturated carbocycles. The normalized spacial score (nSPS) is 13.3. The molecule has 0 saturated heterocycles. The van der Waals surface area contributed by atoms with Crippen molar-refractivity contribution in [1.29, 1.82) is 0 Å². The molecule has 0 bridgehead atoms. The predicted molar refractivity (Wildman–Crippen MR) is 89.4 cm³/mol. The van der Waals surface area contributed by atoms with E-state index in [1.54, 1.807) is 6.08 Å². The number of hydrogen-bond acceptors (Lipinski definition) is 4. The highest BCUT2D eigenvalue weighted by molar-refractivity contribution is 5.82. The fraction of sp³-hybridized carbons (Fsp3) is 0.588. The maximum Gasteiger partial charge on any atom is 0.331 e. The first-order valence-corrected chi connectivity index (χ1v) is 7.88. The van der Waals surface area contributed by atoms with Gasteiger partial charge in [0.1, 0.15) is 6.54 Å². The predicted octanol–water partition coefficient (Wildman–Crippen LogP) is 1.84. The average molecular weight is 342 g/mol. The molecule has 24 heavy (non-hydrogen) atoms. The van der Waals surface area contributed by atoms with Gasteiger partial charge in [0, 0.05) is 12.5 Å². The Hall–Kier alpha value is -2.15. The van der Waals surface area contributed by atoms with Gasteiger partial charge in [0.25, 0.3) is 0 Å². The number of aliphatic carboxylic acids is 2. The van der Waals surface area contributed by atoms with E-state index in [-0.39, 0.29) is 12.8 Å². The highest BCUT2D eigenvalue weighted by atomic mass is 16.5. The monoisotopic (exact) mass is 342 g/mol. The van der Waals surface area contributed by atoms with Crippen LogP contribution in [0.2, 0.25) is 0 Å². The Morgan fingerprint density at radius 2 is 1.71 bits per heavy atom. The number of quaternary nitrogens is 1. The first kappa shape index (κ1) is 21.9. The number of nitrogens with zero attached hydrogens (tertiary/aromatic N) is 1. The lowest BCUT2D eigenvalue weighted by molar-refractivity contribution is -0.873. The first-order valence-electron chi connectivity index (χ1n) is 7.88. The summed E-state index contributed by atoms with van der Waals surface area (Å²) in [5.41, 5.74) is 0. The number of carbonyl (C=O) groups excluding carboxylic acids is 1. The maximum absolute atomic E-state index is 11.7. The number of carboxylic acid groups (broad SMARTS) is 2. The molecule has 0 aliphatic heterocycles. The maximum atomic E-state index is 11.7. The van der Waals surface area contributed by atoms with Gasteiger partial charge in [-0.15, -0.1) is 0 Å². The van der Waals surface area contributed by atoms with Crippen molar-refractivity contribution in [3.05, 3.63) is 24.3 Å². The van der Waals surface area contributed by atoms with Gasteiger partial charge in [-0.3, -0.25) is 9.59 Å². The minimum absolute atomic E-state index is 0.160. The fourth-order valence-electron chi connectivity index (χ4n) is 2.00. The second-order valence-electron chi connectivity index (χ2n) is 6.56. The standard InChI is InChI=1S/C17H27NO6/c1-18(2,3)13-14(12-16(21)22)24-17(23)11-9-7-5-4-6-8-10-15(19)20/h5,7,9,11,14H,4,6,8,10,12-13H2,1-3H3,(H-,19,20,21,22)/p+1/b7-5+,11-9+. The first-order chi connectivity index (χ1) is 11.1. The summed E-state index contributed by atoms with van der Waals surface area (Å²) >= 11 is 0. The molecule has 0 aromatic rings. The van der Waals surface area contributed by atoms with Crippen molar-refractivity contribution in [2.75, 3.05) is 27.7 Å². The van der Waals surface area contributed by atoms with Gasteiger partial charge < -0.3 is 19.4 Å². The van der Waals surface area contributed by atoms with Gasteiger partial charge in [-0.2, -0.15) is 0 Å². The highest BCUT2D eigenvalue weighted by Gasteiger charge is 2.23. The fourth-order valence-corrected chi connectivity index (χ4v) is 2.00. The molecule has 0 aliphatic rings. The molecular formula is C17H28NO6+. The molecule has 0 heterocycles. The molecule has 7 nitrogen and oxygen atoms in total. The Balaban J connectivity index is 4.22. The van der Waals surface area contributed by atoms with Crippen LogP contribution in [0.1, 0.15) is 32.1 Å². The van der Waals surface area contributed by atoms with Crippen LogP contribution in [0.25, 0.3) is 0 Å². The van der Waals surface area contributed by atoms with Crippen LogP contribution in [0.4, 0.5) is 0 Å². The van der Waals surface area contributed by atoms with Gasteiger partial charge in [0.15, 0.2) is 6.10 Å². The summed E-state index contributed by atoms with van der Waals surface area (Å²) in [4.78, 5) is 32.9. The van der Waals surface area contributed by atoms with Crippen LogP contribution in [-0.4, -0.2) is 66.4 Å². The van der Waals surface area contributed by atoms with Gasteiger partial charge in [-0.1, -0.05) is 18.2 Å². The van der Waals surface area contributed by atoms with Crippen LogP contribution in [0.5, 0.6) is 0 Å². The summed E-state index contributed by atoms with van der Waals surface area (Å²) in [7, 11) is 5.68. The van der Waals surface area contributed by atoms with Crippen molar-refractivity contribution in [3.8, 4) is 0 Å². The van der Waals surface area contributed by atoms with Crippen molar-refractivity contribution in [1.82, 2.24) is 0 Å². The van der Waals surface area contributed by atoms with Crippen molar-refractivity contribution in [3.63, 3.8) is 0 Å². The van der Waals surface area contributed by atoms with Crippen LogP contribution in [-0.2, 0) is 19.1 Å². The van der Waals surface area contributed by atoms with Crippen LogP contribution in [0, 0.1) is 0 Å². The van der Waals surface area contributed by atoms with E-state index in [1.165, 1.54) is 12.2 Å². The van der Waals surface area contributed by atoms with Gasteiger partial charge in [0.05, 0.1) is 27.6 Å². The summed E-state index contributed by atoms with van der Waals surface area (Å²) in [6, 6.07) is 0. The van der Waals surface area contributed by atoms with Crippen LogP contribution >= 0.6 is 0 Å². The van der Waals surface area contributed by atoms with Gasteiger partial charge in [-0.25, -0.2) is 4.79 Å². The number of esters is 1. The molecule has 2 N–H and O–H groups in total. The molecular weight excluding hydrogens is 314 g/mol. The lowest BCUT2D eigenvalue weighted by Crippen LogP contribution is -2.43. The minimum atomic E-state index is -1.01. The zero-order valence-corrected chi connectivity index (χ0v) is 14.6.